The van der Waals surface area contributed by atoms with E-state index in [0.29, 0.717) is 6.04 Å². The van der Waals surface area contributed by atoms with Gasteiger partial charge in [0, 0.05) is 25.1 Å². The number of hydrogen-bond donors (Lipinski definition) is 2. The van der Waals surface area contributed by atoms with Crippen LogP contribution < -0.4 is 10.6 Å². The van der Waals surface area contributed by atoms with E-state index in [1.807, 2.05) is 7.05 Å². The van der Waals surface area contributed by atoms with Crippen LogP contribution in [-0.4, -0.2) is 23.1 Å². The Hall–Kier alpha value is -1.32. The van der Waals surface area contributed by atoms with Crippen molar-refractivity contribution in [3.8, 4) is 0 Å². The van der Waals surface area contributed by atoms with E-state index in [4.69, 9.17) is 4.98 Å². The summed E-state index contributed by atoms with van der Waals surface area (Å²) in [6, 6.07) is 0.563. The first-order valence-electron chi connectivity index (χ1n) is 7.47. The lowest BCUT2D eigenvalue weighted by Crippen LogP contribution is -2.24. The van der Waals surface area contributed by atoms with Gasteiger partial charge in [-0.15, -0.1) is 0 Å². The van der Waals surface area contributed by atoms with Gasteiger partial charge in [-0.1, -0.05) is 20.3 Å². The Kier molecular flexibility index (Phi) is 4.61. The van der Waals surface area contributed by atoms with Gasteiger partial charge in [0.1, 0.15) is 17.5 Å². The van der Waals surface area contributed by atoms with Gasteiger partial charge in [0.15, 0.2) is 0 Å². The summed E-state index contributed by atoms with van der Waals surface area (Å²) < 4.78 is 0. The Morgan fingerprint density at radius 1 is 1.21 bits per heavy atom. The van der Waals surface area contributed by atoms with E-state index in [2.05, 4.69) is 36.4 Å². The van der Waals surface area contributed by atoms with Gasteiger partial charge in [-0.25, -0.2) is 9.97 Å². The van der Waals surface area contributed by atoms with E-state index in [-0.39, 0.29) is 0 Å². The lowest BCUT2D eigenvalue weighted by Gasteiger charge is -2.21. The second-order valence-electron chi connectivity index (χ2n) is 5.62. The molecule has 1 heterocycles. The fraction of sp³-hybridized carbons (Fsp3) is 0.733. The van der Waals surface area contributed by atoms with E-state index in [1.165, 1.54) is 19.3 Å². The van der Waals surface area contributed by atoms with Crippen LogP contribution in [0.4, 0.5) is 11.6 Å². The first-order chi connectivity index (χ1) is 9.15. The third-order valence-electron chi connectivity index (χ3n) is 4.09. The van der Waals surface area contributed by atoms with Gasteiger partial charge in [0.05, 0.1) is 0 Å². The number of anilines is 2. The van der Waals surface area contributed by atoms with E-state index >= 15 is 0 Å². The molecule has 0 radical (unpaired) electrons. The Morgan fingerprint density at radius 3 is 2.53 bits per heavy atom. The summed E-state index contributed by atoms with van der Waals surface area (Å²) in [5.41, 5.74) is 1.13. The van der Waals surface area contributed by atoms with Crippen molar-refractivity contribution in [3.63, 3.8) is 0 Å². The highest BCUT2D eigenvalue weighted by Crippen LogP contribution is 2.29. The second kappa shape index (κ2) is 6.22. The Morgan fingerprint density at radius 2 is 1.95 bits per heavy atom. The topological polar surface area (TPSA) is 49.8 Å². The molecular formula is C15H26N4. The molecule has 0 saturated heterocycles. The highest BCUT2D eigenvalue weighted by molar-refractivity contribution is 5.57. The van der Waals surface area contributed by atoms with Crippen molar-refractivity contribution < 1.29 is 0 Å². The van der Waals surface area contributed by atoms with Crippen molar-refractivity contribution in [2.75, 3.05) is 17.7 Å². The van der Waals surface area contributed by atoms with Crippen molar-refractivity contribution in [2.24, 2.45) is 5.92 Å². The first kappa shape index (κ1) is 14.1. The quantitative estimate of drug-likeness (QED) is 0.854. The number of nitrogens with one attached hydrogen (secondary N) is 2. The largest absolute Gasteiger partial charge is 0.373 e. The molecule has 0 amide bonds. The van der Waals surface area contributed by atoms with Gasteiger partial charge < -0.3 is 10.6 Å². The molecule has 4 heteroatoms. The van der Waals surface area contributed by atoms with Crippen molar-refractivity contribution in [2.45, 2.75) is 58.9 Å². The molecule has 19 heavy (non-hydrogen) atoms. The standard InChI is InChI=1S/C15H26N4/c1-5-7-13-18-14(16-4)11(3)15(19-13)17-12-9-6-8-10(12)2/h10,12H,5-9H2,1-4H3,(H2,16,17,18,19). The summed E-state index contributed by atoms with van der Waals surface area (Å²) in [6.45, 7) is 6.57. The Labute approximate surface area is 116 Å². The van der Waals surface area contributed by atoms with E-state index in [9.17, 15) is 0 Å². The molecular weight excluding hydrogens is 236 g/mol. The minimum atomic E-state index is 0.563. The molecule has 1 aliphatic rings. The predicted octanol–water partition coefficient (Wildman–Crippen LogP) is 3.38. The molecule has 1 aromatic rings. The molecule has 0 aliphatic heterocycles. The lowest BCUT2D eigenvalue weighted by atomic mass is 10.1. The van der Waals surface area contributed by atoms with E-state index in [1.54, 1.807) is 0 Å². The van der Waals surface area contributed by atoms with Crippen LogP contribution in [0.1, 0.15) is 50.9 Å². The summed E-state index contributed by atoms with van der Waals surface area (Å²) in [6.07, 6.45) is 5.91. The summed E-state index contributed by atoms with van der Waals surface area (Å²) >= 11 is 0. The first-order valence-corrected chi connectivity index (χ1v) is 7.47. The van der Waals surface area contributed by atoms with Gasteiger partial charge in [-0.2, -0.15) is 0 Å². The van der Waals surface area contributed by atoms with Crippen molar-refractivity contribution in [1.29, 1.82) is 0 Å². The predicted molar refractivity (Wildman–Crippen MR) is 80.7 cm³/mol. The van der Waals surface area contributed by atoms with E-state index < -0.39 is 0 Å². The molecule has 1 aromatic heterocycles. The van der Waals surface area contributed by atoms with Crippen LogP contribution in [0.5, 0.6) is 0 Å². The van der Waals surface area contributed by atoms with Crippen molar-refractivity contribution in [3.05, 3.63) is 11.4 Å². The minimum absolute atomic E-state index is 0.563. The molecule has 1 aliphatic carbocycles. The maximum atomic E-state index is 4.71. The zero-order valence-corrected chi connectivity index (χ0v) is 12.6. The zero-order chi connectivity index (χ0) is 13.8. The summed E-state index contributed by atoms with van der Waals surface area (Å²) in [4.78, 5) is 9.28. The average Bonchev–Trinajstić information content (AvgIpc) is 2.79. The number of aryl methyl sites for hydroxylation is 1. The van der Waals surface area contributed by atoms with Gasteiger partial charge in [-0.3, -0.25) is 0 Å². The maximum Gasteiger partial charge on any atom is 0.135 e. The lowest BCUT2D eigenvalue weighted by molar-refractivity contribution is 0.554. The van der Waals surface area contributed by atoms with Gasteiger partial charge in [-0.05, 0) is 32.1 Å². The summed E-state index contributed by atoms with van der Waals surface area (Å²) in [7, 11) is 1.92. The molecule has 0 aromatic carbocycles. The smallest absolute Gasteiger partial charge is 0.135 e. The van der Waals surface area contributed by atoms with Crippen LogP contribution in [0.3, 0.4) is 0 Å². The normalized spacial score (nSPS) is 22.5. The molecule has 1 saturated carbocycles. The average molecular weight is 262 g/mol. The summed E-state index contributed by atoms with van der Waals surface area (Å²) in [5.74, 6) is 3.64. The molecule has 0 bridgehead atoms. The van der Waals surface area contributed by atoms with Crippen LogP contribution in [0.2, 0.25) is 0 Å². The SMILES string of the molecule is CCCc1nc(NC)c(C)c(NC2CCCC2C)n1. The third-order valence-corrected chi connectivity index (χ3v) is 4.09. The summed E-state index contributed by atoms with van der Waals surface area (Å²) in [5, 5.41) is 6.82. The molecule has 2 rings (SSSR count). The number of rotatable bonds is 5. The molecule has 2 atom stereocenters. The van der Waals surface area contributed by atoms with Crippen LogP contribution in [0.15, 0.2) is 0 Å². The molecule has 2 N–H and O–H groups in total. The van der Waals surface area contributed by atoms with Crippen LogP contribution in [-0.2, 0) is 6.42 Å². The molecule has 0 spiro atoms. The third kappa shape index (κ3) is 3.17. The van der Waals surface area contributed by atoms with Gasteiger partial charge in [0.25, 0.3) is 0 Å². The second-order valence-corrected chi connectivity index (χ2v) is 5.62. The molecule has 4 nitrogen and oxygen atoms in total. The fourth-order valence-corrected chi connectivity index (χ4v) is 2.82. The Bertz CT molecular complexity index is 430. The van der Waals surface area contributed by atoms with Crippen LogP contribution in [0, 0.1) is 12.8 Å². The number of nitrogens with zero attached hydrogens (tertiary/aromatic N) is 2. The molecule has 106 valence electrons. The highest BCUT2D eigenvalue weighted by Gasteiger charge is 2.24. The zero-order valence-electron chi connectivity index (χ0n) is 12.6. The van der Waals surface area contributed by atoms with E-state index in [0.717, 1.165) is 41.8 Å². The van der Waals surface area contributed by atoms with Crippen LogP contribution >= 0.6 is 0 Å². The molecule has 1 fully saturated rings. The minimum Gasteiger partial charge on any atom is -0.373 e. The van der Waals surface area contributed by atoms with Gasteiger partial charge >= 0.3 is 0 Å². The monoisotopic (exact) mass is 262 g/mol. The van der Waals surface area contributed by atoms with Crippen molar-refractivity contribution in [1.82, 2.24) is 9.97 Å². The Balaban J connectivity index is 2.24. The highest BCUT2D eigenvalue weighted by atomic mass is 15.1. The maximum absolute atomic E-state index is 4.71. The van der Waals surface area contributed by atoms with Gasteiger partial charge in [0.2, 0.25) is 0 Å². The van der Waals surface area contributed by atoms with Crippen LogP contribution in [0.25, 0.3) is 0 Å². The molecule has 2 unspecified atom stereocenters. The fourth-order valence-electron chi connectivity index (χ4n) is 2.82. The number of hydrogen-bond acceptors (Lipinski definition) is 4. The van der Waals surface area contributed by atoms with Crippen molar-refractivity contribution >= 4 is 11.6 Å². The number of aromatic nitrogens is 2.